The molecule has 116 valence electrons. The van der Waals surface area contributed by atoms with E-state index in [9.17, 15) is 0 Å². The highest BCUT2D eigenvalue weighted by Gasteiger charge is 2.06. The van der Waals surface area contributed by atoms with Crippen LogP contribution in [0.5, 0.6) is 0 Å². The zero-order valence-electron chi connectivity index (χ0n) is 13.7. The van der Waals surface area contributed by atoms with E-state index in [1.807, 2.05) is 6.07 Å². The van der Waals surface area contributed by atoms with Crippen LogP contribution in [0.1, 0.15) is 26.0 Å². The SMILES string of the molecule is Cc1c2ccccc2nn1CCCOCCN(C)C(C)C. The van der Waals surface area contributed by atoms with E-state index in [0.29, 0.717) is 6.04 Å². The minimum Gasteiger partial charge on any atom is -0.380 e. The van der Waals surface area contributed by atoms with Gasteiger partial charge in [0.1, 0.15) is 0 Å². The molecule has 0 N–H and O–H groups in total. The van der Waals surface area contributed by atoms with Gasteiger partial charge in [-0.2, -0.15) is 5.10 Å². The number of hydrogen-bond acceptors (Lipinski definition) is 3. The minimum absolute atomic E-state index is 0.577. The first-order valence-electron chi connectivity index (χ1n) is 7.79. The molecule has 1 aromatic carbocycles. The number of hydrogen-bond donors (Lipinski definition) is 0. The molecule has 0 bridgehead atoms. The third-order valence-corrected chi connectivity index (χ3v) is 4.04. The van der Waals surface area contributed by atoms with E-state index in [-0.39, 0.29) is 0 Å². The third kappa shape index (κ3) is 4.29. The first-order chi connectivity index (χ1) is 10.1. The van der Waals surface area contributed by atoms with Crippen molar-refractivity contribution in [2.75, 3.05) is 26.8 Å². The van der Waals surface area contributed by atoms with Gasteiger partial charge in [0.25, 0.3) is 0 Å². The lowest BCUT2D eigenvalue weighted by Crippen LogP contribution is -2.29. The number of rotatable bonds is 8. The standard InChI is InChI=1S/C17H27N3O/c1-14(2)19(4)11-13-21-12-7-10-20-15(3)16-8-5-6-9-17(16)18-20/h5-6,8-9,14H,7,10-13H2,1-4H3. The predicted molar refractivity (Wildman–Crippen MR) is 87.7 cm³/mol. The van der Waals surface area contributed by atoms with Gasteiger partial charge in [-0.05, 0) is 40.3 Å². The molecule has 0 saturated heterocycles. The summed E-state index contributed by atoms with van der Waals surface area (Å²) in [6, 6.07) is 8.87. The molecule has 2 rings (SSSR count). The minimum atomic E-state index is 0.577. The van der Waals surface area contributed by atoms with Gasteiger partial charge in [0.2, 0.25) is 0 Å². The summed E-state index contributed by atoms with van der Waals surface area (Å²) in [4.78, 5) is 2.30. The van der Waals surface area contributed by atoms with Crippen LogP contribution in [0.4, 0.5) is 0 Å². The van der Waals surface area contributed by atoms with Crippen LogP contribution >= 0.6 is 0 Å². The van der Waals surface area contributed by atoms with E-state index in [0.717, 1.165) is 38.2 Å². The lowest BCUT2D eigenvalue weighted by Gasteiger charge is -2.20. The van der Waals surface area contributed by atoms with E-state index < -0.39 is 0 Å². The Bertz CT molecular complexity index is 562. The molecule has 0 aliphatic heterocycles. The highest BCUT2D eigenvalue weighted by Crippen LogP contribution is 2.17. The fourth-order valence-electron chi connectivity index (χ4n) is 2.31. The van der Waals surface area contributed by atoms with Crippen molar-refractivity contribution in [3.63, 3.8) is 0 Å². The third-order valence-electron chi connectivity index (χ3n) is 4.04. The predicted octanol–water partition coefficient (Wildman–Crippen LogP) is 3.09. The molecular formula is C17H27N3O. The number of likely N-dealkylation sites (N-methyl/N-ethyl adjacent to an activating group) is 1. The summed E-state index contributed by atoms with van der Waals surface area (Å²) in [5, 5.41) is 5.88. The average molecular weight is 289 g/mol. The summed E-state index contributed by atoms with van der Waals surface area (Å²) in [5.74, 6) is 0. The van der Waals surface area contributed by atoms with Crippen molar-refractivity contribution < 1.29 is 4.74 Å². The molecule has 0 radical (unpaired) electrons. The second-order valence-corrected chi connectivity index (χ2v) is 5.87. The largest absolute Gasteiger partial charge is 0.380 e. The lowest BCUT2D eigenvalue weighted by atomic mass is 10.2. The summed E-state index contributed by atoms with van der Waals surface area (Å²) in [5.41, 5.74) is 2.32. The van der Waals surface area contributed by atoms with Crippen LogP contribution < -0.4 is 0 Å². The van der Waals surface area contributed by atoms with Crippen LogP contribution in [0.25, 0.3) is 10.9 Å². The van der Waals surface area contributed by atoms with Crippen molar-refractivity contribution >= 4 is 10.9 Å². The number of fused-ring (bicyclic) bond motifs is 1. The summed E-state index contributed by atoms with van der Waals surface area (Å²) in [6.45, 7) is 10.0. The molecule has 0 aliphatic carbocycles. The van der Waals surface area contributed by atoms with Gasteiger partial charge in [0, 0.05) is 36.8 Å². The maximum Gasteiger partial charge on any atom is 0.0926 e. The molecular weight excluding hydrogens is 262 g/mol. The van der Waals surface area contributed by atoms with Gasteiger partial charge in [-0.3, -0.25) is 4.68 Å². The number of nitrogens with zero attached hydrogens (tertiary/aromatic N) is 3. The molecule has 0 saturated carbocycles. The first-order valence-corrected chi connectivity index (χ1v) is 7.79. The maximum atomic E-state index is 5.71. The highest BCUT2D eigenvalue weighted by molar-refractivity contribution is 5.81. The Balaban J connectivity index is 1.72. The number of aryl methyl sites for hydroxylation is 2. The fraction of sp³-hybridized carbons (Fsp3) is 0.588. The van der Waals surface area contributed by atoms with E-state index in [1.54, 1.807) is 0 Å². The van der Waals surface area contributed by atoms with Crippen LogP contribution in [0.3, 0.4) is 0 Å². The van der Waals surface area contributed by atoms with Crippen molar-refractivity contribution in [2.24, 2.45) is 0 Å². The van der Waals surface area contributed by atoms with E-state index in [1.165, 1.54) is 11.1 Å². The molecule has 0 unspecified atom stereocenters. The monoisotopic (exact) mass is 289 g/mol. The molecule has 1 aromatic heterocycles. The van der Waals surface area contributed by atoms with Gasteiger partial charge in [-0.25, -0.2) is 0 Å². The van der Waals surface area contributed by atoms with Gasteiger partial charge in [0.15, 0.2) is 0 Å². The molecule has 2 aromatic rings. The normalized spacial score (nSPS) is 11.9. The molecule has 0 fully saturated rings. The highest BCUT2D eigenvalue weighted by atomic mass is 16.5. The Kier molecular flexibility index (Phi) is 5.76. The molecule has 4 heteroatoms. The van der Waals surface area contributed by atoms with Crippen LogP contribution in [-0.4, -0.2) is 47.5 Å². The molecule has 1 heterocycles. The van der Waals surface area contributed by atoms with Gasteiger partial charge < -0.3 is 9.64 Å². The molecule has 0 atom stereocenters. The Labute approximate surface area is 127 Å². The van der Waals surface area contributed by atoms with Crippen molar-refractivity contribution in [2.45, 2.75) is 39.8 Å². The summed E-state index contributed by atoms with van der Waals surface area (Å²) in [6.07, 6.45) is 1.00. The quantitative estimate of drug-likeness (QED) is 0.700. The van der Waals surface area contributed by atoms with Gasteiger partial charge in [-0.15, -0.1) is 0 Å². The van der Waals surface area contributed by atoms with Crippen LogP contribution in [0.2, 0.25) is 0 Å². The lowest BCUT2D eigenvalue weighted by molar-refractivity contribution is 0.0988. The smallest absolute Gasteiger partial charge is 0.0926 e. The zero-order chi connectivity index (χ0) is 15.2. The molecule has 21 heavy (non-hydrogen) atoms. The van der Waals surface area contributed by atoms with Crippen molar-refractivity contribution in [1.29, 1.82) is 0 Å². The van der Waals surface area contributed by atoms with Gasteiger partial charge in [-0.1, -0.05) is 18.2 Å². The van der Waals surface area contributed by atoms with Crippen molar-refractivity contribution in [3.05, 3.63) is 30.0 Å². The molecule has 0 aliphatic rings. The average Bonchev–Trinajstić information content (AvgIpc) is 2.79. The van der Waals surface area contributed by atoms with E-state index in [2.05, 4.69) is 60.7 Å². The second kappa shape index (κ2) is 7.57. The van der Waals surface area contributed by atoms with Gasteiger partial charge in [0.05, 0.1) is 12.1 Å². The number of aromatic nitrogens is 2. The Morgan fingerprint density at radius 3 is 2.71 bits per heavy atom. The van der Waals surface area contributed by atoms with Crippen LogP contribution in [0.15, 0.2) is 24.3 Å². The molecule has 0 amide bonds. The van der Waals surface area contributed by atoms with Crippen molar-refractivity contribution in [3.8, 4) is 0 Å². The van der Waals surface area contributed by atoms with E-state index >= 15 is 0 Å². The Morgan fingerprint density at radius 2 is 2.00 bits per heavy atom. The number of ether oxygens (including phenoxy) is 1. The Morgan fingerprint density at radius 1 is 1.24 bits per heavy atom. The summed E-state index contributed by atoms with van der Waals surface area (Å²) in [7, 11) is 2.13. The fourth-order valence-corrected chi connectivity index (χ4v) is 2.31. The van der Waals surface area contributed by atoms with E-state index in [4.69, 9.17) is 4.74 Å². The maximum absolute atomic E-state index is 5.71. The first kappa shape index (κ1) is 16.0. The van der Waals surface area contributed by atoms with Crippen LogP contribution in [-0.2, 0) is 11.3 Å². The van der Waals surface area contributed by atoms with Crippen LogP contribution in [0, 0.1) is 6.92 Å². The summed E-state index contributed by atoms with van der Waals surface area (Å²) < 4.78 is 7.80. The molecule has 0 spiro atoms. The zero-order valence-corrected chi connectivity index (χ0v) is 13.7. The topological polar surface area (TPSA) is 30.3 Å². The van der Waals surface area contributed by atoms with Crippen molar-refractivity contribution in [1.82, 2.24) is 14.7 Å². The number of benzene rings is 1. The molecule has 4 nitrogen and oxygen atoms in total. The summed E-state index contributed by atoms with van der Waals surface area (Å²) >= 11 is 0. The Hall–Kier alpha value is -1.39. The second-order valence-electron chi connectivity index (χ2n) is 5.87. The van der Waals surface area contributed by atoms with Gasteiger partial charge >= 0.3 is 0 Å².